The summed E-state index contributed by atoms with van der Waals surface area (Å²) in [7, 11) is 0. The number of aromatic nitrogens is 2. The molecule has 0 amide bonds. The third kappa shape index (κ3) is 2.78. The molecule has 0 saturated heterocycles. The number of anilines is 1. The number of benzene rings is 1. The van der Waals surface area contributed by atoms with Gasteiger partial charge in [-0.1, -0.05) is 12.1 Å². The lowest BCUT2D eigenvalue weighted by Crippen LogP contribution is -2.11. The van der Waals surface area contributed by atoms with Crippen LogP contribution in [0.25, 0.3) is 21.3 Å². The lowest BCUT2D eigenvalue weighted by atomic mass is 10.0. The standard InChI is InChI=1S/C16H15ClFN3S/c1-8(2)19-14-13-12(10-4-6-11(18)7-5-10)9(3)22-15(13)21-16(17)20-14/h4-8H,1-3H3,(H,19,20,21). The van der Waals surface area contributed by atoms with Gasteiger partial charge in [-0.3, -0.25) is 0 Å². The van der Waals surface area contributed by atoms with Crippen molar-refractivity contribution in [2.45, 2.75) is 26.8 Å². The second-order valence-electron chi connectivity index (χ2n) is 5.36. The second kappa shape index (κ2) is 5.82. The predicted molar refractivity (Wildman–Crippen MR) is 91.3 cm³/mol. The number of fused-ring (bicyclic) bond motifs is 1. The molecule has 0 bridgehead atoms. The van der Waals surface area contributed by atoms with Crippen molar-refractivity contribution >= 4 is 39.0 Å². The Morgan fingerprint density at radius 2 is 1.86 bits per heavy atom. The summed E-state index contributed by atoms with van der Waals surface area (Å²) in [5, 5.41) is 4.48. The minimum Gasteiger partial charge on any atom is -0.367 e. The van der Waals surface area contributed by atoms with E-state index in [-0.39, 0.29) is 17.1 Å². The van der Waals surface area contributed by atoms with Crippen LogP contribution in [0.2, 0.25) is 5.28 Å². The number of aryl methyl sites for hydroxylation is 1. The summed E-state index contributed by atoms with van der Waals surface area (Å²) in [5.41, 5.74) is 1.97. The molecule has 0 spiro atoms. The third-order valence-electron chi connectivity index (χ3n) is 3.26. The summed E-state index contributed by atoms with van der Waals surface area (Å²) >= 11 is 7.59. The molecule has 1 aromatic carbocycles. The van der Waals surface area contributed by atoms with E-state index in [0.29, 0.717) is 5.82 Å². The largest absolute Gasteiger partial charge is 0.367 e. The quantitative estimate of drug-likeness (QED) is 0.662. The molecule has 0 radical (unpaired) electrons. The number of rotatable bonds is 3. The average molecular weight is 336 g/mol. The molecule has 0 fully saturated rings. The number of nitrogens with one attached hydrogen (secondary N) is 1. The summed E-state index contributed by atoms with van der Waals surface area (Å²) in [4.78, 5) is 10.6. The van der Waals surface area contributed by atoms with Crippen molar-refractivity contribution in [3.8, 4) is 11.1 Å². The lowest BCUT2D eigenvalue weighted by Gasteiger charge is -2.12. The Kier molecular flexibility index (Phi) is 4.02. The molecule has 0 atom stereocenters. The van der Waals surface area contributed by atoms with Gasteiger partial charge in [-0.25, -0.2) is 14.4 Å². The zero-order valence-electron chi connectivity index (χ0n) is 12.4. The number of hydrogen-bond acceptors (Lipinski definition) is 4. The van der Waals surface area contributed by atoms with Gasteiger partial charge in [0.25, 0.3) is 0 Å². The molecule has 2 aromatic heterocycles. The molecule has 0 aliphatic carbocycles. The van der Waals surface area contributed by atoms with Gasteiger partial charge in [0.2, 0.25) is 5.28 Å². The summed E-state index contributed by atoms with van der Waals surface area (Å²) in [6, 6.07) is 6.69. The monoisotopic (exact) mass is 335 g/mol. The highest BCUT2D eigenvalue weighted by Crippen LogP contribution is 2.41. The van der Waals surface area contributed by atoms with Crippen molar-refractivity contribution in [3.05, 3.63) is 40.2 Å². The van der Waals surface area contributed by atoms with E-state index in [2.05, 4.69) is 15.3 Å². The molecule has 3 nitrogen and oxygen atoms in total. The third-order valence-corrected chi connectivity index (χ3v) is 4.43. The number of nitrogens with zero attached hydrogens (tertiary/aromatic N) is 2. The number of halogens is 2. The van der Waals surface area contributed by atoms with Crippen molar-refractivity contribution in [1.82, 2.24) is 9.97 Å². The van der Waals surface area contributed by atoms with E-state index in [1.54, 1.807) is 23.5 Å². The van der Waals surface area contributed by atoms with Crippen molar-refractivity contribution in [3.63, 3.8) is 0 Å². The first-order chi connectivity index (χ1) is 10.5. The van der Waals surface area contributed by atoms with Crippen LogP contribution in [0.3, 0.4) is 0 Å². The second-order valence-corrected chi connectivity index (χ2v) is 6.90. The highest BCUT2D eigenvalue weighted by atomic mass is 35.5. The molecule has 0 saturated carbocycles. The summed E-state index contributed by atoms with van der Waals surface area (Å²) in [5.74, 6) is 0.467. The zero-order valence-corrected chi connectivity index (χ0v) is 14.0. The fourth-order valence-electron chi connectivity index (χ4n) is 2.43. The van der Waals surface area contributed by atoms with E-state index in [1.807, 2.05) is 20.8 Å². The molecule has 0 aliphatic heterocycles. The Hall–Kier alpha value is -1.72. The first kappa shape index (κ1) is 15.2. The Balaban J connectivity index is 2.29. The molecule has 0 aliphatic rings. The lowest BCUT2D eigenvalue weighted by molar-refractivity contribution is 0.628. The molecule has 22 heavy (non-hydrogen) atoms. The van der Waals surface area contributed by atoms with Gasteiger partial charge >= 0.3 is 0 Å². The molecule has 2 heterocycles. The summed E-state index contributed by atoms with van der Waals surface area (Å²) in [6.07, 6.45) is 0. The molecular weight excluding hydrogens is 321 g/mol. The maximum atomic E-state index is 13.2. The Morgan fingerprint density at radius 3 is 2.50 bits per heavy atom. The SMILES string of the molecule is Cc1sc2nc(Cl)nc(NC(C)C)c2c1-c1ccc(F)cc1. The van der Waals surface area contributed by atoms with E-state index in [9.17, 15) is 4.39 Å². The number of thiophene rings is 1. The minimum atomic E-state index is -0.249. The van der Waals surface area contributed by atoms with Crippen LogP contribution in [0.5, 0.6) is 0 Å². The van der Waals surface area contributed by atoms with E-state index in [0.717, 1.165) is 26.2 Å². The van der Waals surface area contributed by atoms with Crippen LogP contribution >= 0.6 is 22.9 Å². The fourth-order valence-corrected chi connectivity index (χ4v) is 3.69. The van der Waals surface area contributed by atoms with Crippen molar-refractivity contribution in [1.29, 1.82) is 0 Å². The Bertz CT molecular complexity index is 828. The molecular formula is C16H15ClFN3S. The zero-order chi connectivity index (χ0) is 15.9. The van der Waals surface area contributed by atoms with Crippen LogP contribution in [0.15, 0.2) is 24.3 Å². The molecule has 1 N–H and O–H groups in total. The van der Waals surface area contributed by atoms with Gasteiger partial charge < -0.3 is 5.32 Å². The van der Waals surface area contributed by atoms with Crippen molar-refractivity contribution in [2.75, 3.05) is 5.32 Å². The maximum Gasteiger partial charge on any atom is 0.225 e. The van der Waals surface area contributed by atoms with Gasteiger partial charge in [0.15, 0.2) is 0 Å². The van der Waals surface area contributed by atoms with E-state index >= 15 is 0 Å². The smallest absolute Gasteiger partial charge is 0.225 e. The van der Waals surface area contributed by atoms with Crippen LogP contribution < -0.4 is 5.32 Å². The van der Waals surface area contributed by atoms with Crippen LogP contribution in [0.4, 0.5) is 10.2 Å². The van der Waals surface area contributed by atoms with Crippen LogP contribution in [-0.2, 0) is 0 Å². The van der Waals surface area contributed by atoms with Gasteiger partial charge in [0.1, 0.15) is 16.5 Å². The summed E-state index contributed by atoms with van der Waals surface area (Å²) in [6.45, 7) is 6.11. The van der Waals surface area contributed by atoms with Gasteiger partial charge in [-0.2, -0.15) is 0 Å². The minimum absolute atomic E-state index is 0.218. The van der Waals surface area contributed by atoms with Crippen molar-refractivity contribution < 1.29 is 4.39 Å². The van der Waals surface area contributed by atoms with Crippen LogP contribution in [0.1, 0.15) is 18.7 Å². The molecule has 3 rings (SSSR count). The normalized spacial score (nSPS) is 11.4. The highest BCUT2D eigenvalue weighted by molar-refractivity contribution is 7.19. The van der Waals surface area contributed by atoms with Gasteiger partial charge in [0.05, 0.1) is 5.39 Å². The first-order valence-electron chi connectivity index (χ1n) is 6.95. The molecule has 6 heteroatoms. The highest BCUT2D eigenvalue weighted by Gasteiger charge is 2.18. The molecule has 3 aromatic rings. The molecule has 114 valence electrons. The van der Waals surface area contributed by atoms with Gasteiger partial charge in [-0.05, 0) is 50.1 Å². The van der Waals surface area contributed by atoms with Crippen LogP contribution in [-0.4, -0.2) is 16.0 Å². The maximum absolute atomic E-state index is 13.2. The van der Waals surface area contributed by atoms with E-state index < -0.39 is 0 Å². The Labute approximate surface area is 137 Å². The Morgan fingerprint density at radius 1 is 1.18 bits per heavy atom. The van der Waals surface area contributed by atoms with E-state index in [1.165, 1.54) is 12.1 Å². The fraction of sp³-hybridized carbons (Fsp3) is 0.250. The van der Waals surface area contributed by atoms with Crippen molar-refractivity contribution in [2.24, 2.45) is 0 Å². The summed E-state index contributed by atoms with van der Waals surface area (Å²) < 4.78 is 13.2. The first-order valence-corrected chi connectivity index (χ1v) is 8.14. The van der Waals surface area contributed by atoms with Gasteiger partial charge in [-0.15, -0.1) is 11.3 Å². The number of hydrogen-bond donors (Lipinski definition) is 1. The van der Waals surface area contributed by atoms with E-state index in [4.69, 9.17) is 11.6 Å². The predicted octanol–water partition coefficient (Wildman–Crippen LogP) is 5.28. The van der Waals surface area contributed by atoms with Gasteiger partial charge in [0, 0.05) is 16.5 Å². The molecule has 0 unspecified atom stereocenters. The topological polar surface area (TPSA) is 37.8 Å². The average Bonchev–Trinajstić information content (AvgIpc) is 2.75. The van der Waals surface area contributed by atoms with Crippen LogP contribution in [0, 0.1) is 12.7 Å².